The summed E-state index contributed by atoms with van der Waals surface area (Å²) in [7, 11) is 0. The Morgan fingerprint density at radius 3 is 2.85 bits per heavy atom. The molecule has 6 rings (SSSR count). The van der Waals surface area contributed by atoms with E-state index in [-0.39, 0.29) is 23.7 Å². The molecule has 1 atom stereocenters. The van der Waals surface area contributed by atoms with Crippen LogP contribution in [0.25, 0.3) is 21.8 Å². The van der Waals surface area contributed by atoms with Gasteiger partial charge in [0.15, 0.2) is 5.65 Å². The monoisotopic (exact) mass is 446 g/mol. The fourth-order valence-electron chi connectivity index (χ4n) is 4.71. The number of nitrogens with one attached hydrogen (secondary N) is 1. The van der Waals surface area contributed by atoms with E-state index < -0.39 is 0 Å². The van der Waals surface area contributed by atoms with Crippen molar-refractivity contribution in [2.24, 2.45) is 0 Å². The van der Waals surface area contributed by atoms with Gasteiger partial charge in [0.05, 0.1) is 18.3 Å². The van der Waals surface area contributed by atoms with Gasteiger partial charge in [-0.2, -0.15) is 5.10 Å². The highest BCUT2D eigenvalue weighted by Crippen LogP contribution is 2.29. The van der Waals surface area contributed by atoms with Crippen LogP contribution in [0, 0.1) is 0 Å². The van der Waals surface area contributed by atoms with Crippen LogP contribution in [0.15, 0.2) is 47.7 Å². The van der Waals surface area contributed by atoms with Gasteiger partial charge in [-0.1, -0.05) is 6.07 Å². The first kappa shape index (κ1) is 20.3. The van der Waals surface area contributed by atoms with Crippen LogP contribution in [-0.2, 0) is 4.74 Å². The lowest BCUT2D eigenvalue weighted by Gasteiger charge is -2.42. The molecular weight excluding hydrogens is 420 g/mol. The van der Waals surface area contributed by atoms with E-state index in [0.29, 0.717) is 30.1 Å². The number of fused-ring (bicyclic) bond motifs is 2. The van der Waals surface area contributed by atoms with Gasteiger partial charge in [0, 0.05) is 44.1 Å². The molecular formula is C24H26N6O3. The number of likely N-dealkylation sites (tertiary alicyclic amines) is 1. The number of H-pyrrole nitrogens is 1. The average Bonchev–Trinajstić information content (AvgIpc) is 3.26. The summed E-state index contributed by atoms with van der Waals surface area (Å²) in [6.07, 6.45) is 7.13. The summed E-state index contributed by atoms with van der Waals surface area (Å²) < 4.78 is 13.5. The first-order chi connectivity index (χ1) is 16.2. The number of pyridine rings is 1. The van der Waals surface area contributed by atoms with Crippen molar-refractivity contribution >= 4 is 21.8 Å². The van der Waals surface area contributed by atoms with Crippen LogP contribution < -0.4 is 10.3 Å². The first-order valence-corrected chi connectivity index (χ1v) is 11.5. The standard InChI is InChI=1S/C24H26N6O3/c1-15(29-13-20(14-29)33-19-3-2-16-4-7-25-11-17(16)10-19)22-27-23-21(24(31)28-22)12-26-30(23)18-5-8-32-9-6-18/h2-4,7,10-12,15,18,20H,5-6,8-9,13-14H2,1H3,(H,27,28,31). The number of rotatable bonds is 5. The van der Waals surface area contributed by atoms with E-state index in [1.54, 1.807) is 12.4 Å². The highest BCUT2D eigenvalue weighted by atomic mass is 16.5. The zero-order valence-corrected chi connectivity index (χ0v) is 18.5. The highest BCUT2D eigenvalue weighted by molar-refractivity contribution is 5.82. The molecule has 33 heavy (non-hydrogen) atoms. The largest absolute Gasteiger partial charge is 0.488 e. The molecule has 2 aliphatic heterocycles. The lowest BCUT2D eigenvalue weighted by atomic mass is 10.1. The van der Waals surface area contributed by atoms with Gasteiger partial charge in [-0.05, 0) is 43.4 Å². The Kier molecular flexibility index (Phi) is 5.07. The van der Waals surface area contributed by atoms with E-state index in [2.05, 4.69) is 33.0 Å². The Labute approximate surface area is 190 Å². The van der Waals surface area contributed by atoms with Crippen molar-refractivity contribution in [2.45, 2.75) is 38.0 Å². The molecule has 0 bridgehead atoms. The van der Waals surface area contributed by atoms with Crippen molar-refractivity contribution < 1.29 is 9.47 Å². The highest BCUT2D eigenvalue weighted by Gasteiger charge is 2.34. The van der Waals surface area contributed by atoms with Crippen molar-refractivity contribution in [3.8, 4) is 5.75 Å². The SMILES string of the molecule is CC(c1nc2c(cnn2C2CCOCC2)c(=O)[nH]1)N1CC(Oc2ccc3ccncc3c2)C1. The number of aromatic amines is 1. The molecule has 2 aliphatic rings. The molecule has 5 heterocycles. The molecule has 1 aromatic carbocycles. The van der Waals surface area contributed by atoms with Crippen molar-refractivity contribution in [1.29, 1.82) is 0 Å². The van der Waals surface area contributed by atoms with Gasteiger partial charge in [0.2, 0.25) is 0 Å². The summed E-state index contributed by atoms with van der Waals surface area (Å²) in [6.45, 7) is 5.03. The normalized spacial score (nSPS) is 19.1. The van der Waals surface area contributed by atoms with Crippen molar-refractivity contribution in [2.75, 3.05) is 26.3 Å². The van der Waals surface area contributed by atoms with E-state index in [0.717, 1.165) is 42.5 Å². The van der Waals surface area contributed by atoms with Gasteiger partial charge < -0.3 is 14.5 Å². The second-order valence-corrected chi connectivity index (χ2v) is 8.88. The van der Waals surface area contributed by atoms with E-state index in [1.165, 1.54) is 0 Å². The summed E-state index contributed by atoms with van der Waals surface area (Å²) >= 11 is 0. The molecule has 9 nitrogen and oxygen atoms in total. The predicted molar refractivity (Wildman–Crippen MR) is 123 cm³/mol. The Morgan fingerprint density at radius 1 is 1.15 bits per heavy atom. The number of aromatic nitrogens is 5. The van der Waals surface area contributed by atoms with Gasteiger partial charge in [-0.3, -0.25) is 14.7 Å². The van der Waals surface area contributed by atoms with Crippen molar-refractivity contribution in [1.82, 2.24) is 29.6 Å². The maximum Gasteiger partial charge on any atom is 0.262 e. The van der Waals surface area contributed by atoms with Gasteiger partial charge in [-0.15, -0.1) is 0 Å². The Morgan fingerprint density at radius 2 is 2.00 bits per heavy atom. The Hall–Kier alpha value is -3.30. The van der Waals surface area contributed by atoms with E-state index in [4.69, 9.17) is 14.5 Å². The summed E-state index contributed by atoms with van der Waals surface area (Å²) in [6, 6.07) is 8.26. The topological polar surface area (TPSA) is 98.2 Å². The van der Waals surface area contributed by atoms with Crippen molar-refractivity contribution in [3.63, 3.8) is 0 Å². The van der Waals surface area contributed by atoms with E-state index >= 15 is 0 Å². The number of hydrogen-bond donors (Lipinski definition) is 1. The summed E-state index contributed by atoms with van der Waals surface area (Å²) in [5, 5.41) is 7.23. The zero-order chi connectivity index (χ0) is 22.4. The Balaban J connectivity index is 1.17. The van der Waals surface area contributed by atoms with Crippen LogP contribution in [0.2, 0.25) is 0 Å². The maximum atomic E-state index is 12.7. The third-order valence-corrected chi connectivity index (χ3v) is 6.75. The molecule has 3 aromatic heterocycles. The molecule has 0 spiro atoms. The third-order valence-electron chi connectivity index (χ3n) is 6.75. The van der Waals surface area contributed by atoms with E-state index in [1.807, 2.05) is 29.1 Å². The Bertz CT molecular complexity index is 1350. The summed E-state index contributed by atoms with van der Waals surface area (Å²) in [5.41, 5.74) is 0.517. The van der Waals surface area contributed by atoms with Gasteiger partial charge >= 0.3 is 0 Å². The molecule has 1 N–H and O–H groups in total. The lowest BCUT2D eigenvalue weighted by molar-refractivity contribution is -0.00729. The lowest BCUT2D eigenvalue weighted by Crippen LogP contribution is -2.54. The molecule has 0 amide bonds. The van der Waals surface area contributed by atoms with Crippen LogP contribution in [0.3, 0.4) is 0 Å². The fraction of sp³-hybridized carbons (Fsp3) is 0.417. The fourth-order valence-corrected chi connectivity index (χ4v) is 4.71. The van der Waals surface area contributed by atoms with Crippen LogP contribution in [0.5, 0.6) is 5.75 Å². The van der Waals surface area contributed by atoms with Crippen molar-refractivity contribution in [3.05, 3.63) is 59.0 Å². The number of nitrogens with zero attached hydrogens (tertiary/aromatic N) is 5. The smallest absolute Gasteiger partial charge is 0.262 e. The molecule has 4 aromatic rings. The quantitative estimate of drug-likeness (QED) is 0.503. The first-order valence-electron chi connectivity index (χ1n) is 11.5. The van der Waals surface area contributed by atoms with E-state index in [9.17, 15) is 4.79 Å². The molecule has 0 radical (unpaired) electrons. The van der Waals surface area contributed by atoms with Crippen LogP contribution >= 0.6 is 0 Å². The molecule has 170 valence electrons. The molecule has 2 fully saturated rings. The minimum Gasteiger partial charge on any atom is -0.488 e. The van der Waals surface area contributed by atoms with Crippen LogP contribution in [0.1, 0.15) is 37.7 Å². The number of ether oxygens (including phenoxy) is 2. The number of benzene rings is 1. The minimum absolute atomic E-state index is 0.0270. The third kappa shape index (κ3) is 3.77. The molecule has 2 saturated heterocycles. The molecule has 0 aliphatic carbocycles. The maximum absolute atomic E-state index is 12.7. The molecule has 9 heteroatoms. The average molecular weight is 447 g/mol. The van der Waals surface area contributed by atoms with Gasteiger partial charge in [0.25, 0.3) is 5.56 Å². The van der Waals surface area contributed by atoms with Gasteiger partial charge in [0.1, 0.15) is 23.1 Å². The van der Waals surface area contributed by atoms with Crippen LogP contribution in [-0.4, -0.2) is 62.0 Å². The predicted octanol–water partition coefficient (Wildman–Crippen LogP) is 2.84. The second-order valence-electron chi connectivity index (χ2n) is 8.88. The van der Waals surface area contributed by atoms with Gasteiger partial charge in [-0.25, -0.2) is 9.67 Å². The zero-order valence-electron chi connectivity index (χ0n) is 18.5. The number of hydrogen-bond acceptors (Lipinski definition) is 7. The molecule has 1 unspecified atom stereocenters. The summed E-state index contributed by atoms with van der Waals surface area (Å²) in [5.74, 6) is 1.51. The second kappa shape index (κ2) is 8.24. The van der Waals surface area contributed by atoms with Crippen LogP contribution in [0.4, 0.5) is 0 Å². The molecule has 0 saturated carbocycles. The minimum atomic E-state index is -0.141. The summed E-state index contributed by atoms with van der Waals surface area (Å²) in [4.78, 5) is 27.0.